The molecule has 1 aromatic heterocycles. The van der Waals surface area contributed by atoms with Crippen LogP contribution in [-0.4, -0.2) is 40.8 Å². The Kier molecular flexibility index (Phi) is 5.35. The molecule has 1 fully saturated rings. The maximum absolute atomic E-state index is 12.1. The van der Waals surface area contributed by atoms with Crippen LogP contribution in [0.15, 0.2) is 54.2 Å². The number of rotatable bonds is 5. The molecule has 1 aliphatic heterocycles. The third-order valence-electron chi connectivity index (χ3n) is 3.93. The Morgan fingerprint density at radius 1 is 1.31 bits per heavy atom. The molecule has 0 bridgehead atoms. The van der Waals surface area contributed by atoms with Gasteiger partial charge >= 0.3 is 11.9 Å². The quantitative estimate of drug-likeness (QED) is 0.640. The summed E-state index contributed by atoms with van der Waals surface area (Å²) in [6.45, 7) is -0.720. The second kappa shape index (κ2) is 7.68. The number of aliphatic hydroxyl groups excluding tert-OH is 1. The number of benzene rings is 1. The van der Waals surface area contributed by atoms with Crippen LogP contribution in [-0.2, 0) is 14.3 Å². The Morgan fingerprint density at radius 3 is 2.73 bits per heavy atom. The predicted molar refractivity (Wildman–Crippen MR) is 94.5 cm³/mol. The van der Waals surface area contributed by atoms with Gasteiger partial charge in [0, 0.05) is 23.2 Å². The normalized spacial score (nSPS) is 20.8. The molecule has 1 aliphatic rings. The van der Waals surface area contributed by atoms with E-state index in [9.17, 15) is 14.7 Å². The highest BCUT2D eigenvalue weighted by Crippen LogP contribution is 2.32. The molecule has 0 saturated carbocycles. The lowest BCUT2D eigenvalue weighted by atomic mass is 9.98. The molecule has 0 amide bonds. The van der Waals surface area contributed by atoms with Crippen LogP contribution in [0.2, 0.25) is 5.02 Å². The van der Waals surface area contributed by atoms with Crippen molar-refractivity contribution in [2.75, 3.05) is 13.2 Å². The van der Waals surface area contributed by atoms with Gasteiger partial charge in [0.15, 0.2) is 5.60 Å². The van der Waals surface area contributed by atoms with E-state index in [-0.39, 0.29) is 13.0 Å². The Labute approximate surface area is 155 Å². The lowest BCUT2D eigenvalue weighted by molar-refractivity contribution is -0.154. The number of aromatic nitrogens is 1. The molecule has 1 N–H and O–H groups in total. The summed E-state index contributed by atoms with van der Waals surface area (Å²) in [5, 5.41) is 10.2. The number of carbonyl (C=O) groups is 2. The minimum atomic E-state index is -1.29. The number of halogens is 1. The van der Waals surface area contributed by atoms with E-state index in [1.165, 1.54) is 12.1 Å². The molecule has 2 heterocycles. The molecule has 7 heteroatoms. The van der Waals surface area contributed by atoms with Crippen LogP contribution in [0, 0.1) is 0 Å². The van der Waals surface area contributed by atoms with E-state index in [0.717, 1.165) is 0 Å². The van der Waals surface area contributed by atoms with Gasteiger partial charge in [0.2, 0.25) is 0 Å². The van der Waals surface area contributed by atoms with Gasteiger partial charge in [-0.2, -0.15) is 0 Å². The van der Waals surface area contributed by atoms with Crippen molar-refractivity contribution in [1.29, 1.82) is 0 Å². The average molecular weight is 374 g/mol. The van der Waals surface area contributed by atoms with Crippen molar-refractivity contribution in [1.82, 2.24) is 4.98 Å². The zero-order chi connectivity index (χ0) is 18.6. The van der Waals surface area contributed by atoms with Crippen molar-refractivity contribution >= 4 is 29.6 Å². The summed E-state index contributed by atoms with van der Waals surface area (Å²) >= 11 is 5.79. The zero-order valence-corrected chi connectivity index (χ0v) is 14.5. The third-order valence-corrected chi connectivity index (χ3v) is 4.18. The van der Waals surface area contributed by atoms with Crippen molar-refractivity contribution in [3.63, 3.8) is 0 Å². The average Bonchev–Trinajstić information content (AvgIpc) is 2.97. The monoisotopic (exact) mass is 373 g/mol. The van der Waals surface area contributed by atoms with Crippen molar-refractivity contribution in [3.05, 3.63) is 70.5 Å². The molecular formula is C19H16ClNO5. The molecule has 2 aromatic rings. The standard InChI is InChI=1S/C19H16ClNO5/c20-15-6-4-13(5-7-15)17(23)25-12-19(11-22)10-14(18(24)26-19)9-16-3-1-2-8-21-16/h1-9,22H,10-12H2/b14-9+. The maximum atomic E-state index is 12.1. The van der Waals surface area contributed by atoms with Crippen molar-refractivity contribution in [2.24, 2.45) is 0 Å². The van der Waals surface area contributed by atoms with Crippen LogP contribution >= 0.6 is 11.6 Å². The van der Waals surface area contributed by atoms with Crippen LogP contribution in [0.25, 0.3) is 6.08 Å². The highest BCUT2D eigenvalue weighted by atomic mass is 35.5. The lowest BCUT2D eigenvalue weighted by Crippen LogP contribution is -2.39. The second-order valence-electron chi connectivity index (χ2n) is 5.91. The second-order valence-corrected chi connectivity index (χ2v) is 6.35. The topological polar surface area (TPSA) is 85.7 Å². The van der Waals surface area contributed by atoms with Gasteiger partial charge in [-0.3, -0.25) is 4.98 Å². The highest BCUT2D eigenvalue weighted by molar-refractivity contribution is 6.30. The van der Waals surface area contributed by atoms with E-state index in [1.807, 2.05) is 0 Å². The number of nitrogens with zero attached hydrogens (tertiary/aromatic N) is 1. The molecule has 3 rings (SSSR count). The molecular weight excluding hydrogens is 358 g/mol. The van der Waals surface area contributed by atoms with Crippen LogP contribution in [0.3, 0.4) is 0 Å². The number of hydrogen-bond donors (Lipinski definition) is 1. The molecule has 1 aromatic carbocycles. The van der Waals surface area contributed by atoms with E-state index in [4.69, 9.17) is 21.1 Å². The van der Waals surface area contributed by atoms with Crippen molar-refractivity contribution < 1.29 is 24.2 Å². The zero-order valence-electron chi connectivity index (χ0n) is 13.7. The highest BCUT2D eigenvalue weighted by Gasteiger charge is 2.44. The maximum Gasteiger partial charge on any atom is 0.338 e. The number of carbonyl (C=O) groups excluding carboxylic acids is 2. The van der Waals surface area contributed by atoms with Crippen LogP contribution in [0.4, 0.5) is 0 Å². The van der Waals surface area contributed by atoms with Gasteiger partial charge in [0.25, 0.3) is 0 Å². The van der Waals surface area contributed by atoms with Gasteiger partial charge in [-0.05, 0) is 42.5 Å². The predicted octanol–water partition coefficient (Wildman–Crippen LogP) is 2.65. The summed E-state index contributed by atoms with van der Waals surface area (Å²) in [5.41, 5.74) is -0.0116. The van der Waals surface area contributed by atoms with Gasteiger partial charge in [0.05, 0.1) is 17.9 Å². The fourth-order valence-electron chi connectivity index (χ4n) is 2.55. The molecule has 1 unspecified atom stereocenters. The van der Waals surface area contributed by atoms with Gasteiger partial charge in [-0.25, -0.2) is 9.59 Å². The van der Waals surface area contributed by atoms with E-state index >= 15 is 0 Å². The number of aliphatic hydroxyl groups is 1. The van der Waals surface area contributed by atoms with Gasteiger partial charge in [-0.1, -0.05) is 17.7 Å². The Balaban J connectivity index is 1.69. The summed E-state index contributed by atoms with van der Waals surface area (Å²) < 4.78 is 10.5. The van der Waals surface area contributed by atoms with Crippen LogP contribution in [0.5, 0.6) is 0 Å². The summed E-state index contributed by atoms with van der Waals surface area (Å²) in [6, 6.07) is 11.5. The van der Waals surface area contributed by atoms with Gasteiger partial charge in [0.1, 0.15) is 6.61 Å². The molecule has 0 spiro atoms. The fourth-order valence-corrected chi connectivity index (χ4v) is 2.67. The molecule has 6 nitrogen and oxygen atoms in total. The molecule has 1 atom stereocenters. The Hall–Kier alpha value is -2.70. The van der Waals surface area contributed by atoms with E-state index in [1.54, 1.807) is 42.6 Å². The largest absolute Gasteiger partial charge is 0.458 e. The van der Waals surface area contributed by atoms with E-state index in [0.29, 0.717) is 21.9 Å². The van der Waals surface area contributed by atoms with Crippen molar-refractivity contribution in [2.45, 2.75) is 12.0 Å². The Morgan fingerprint density at radius 2 is 2.08 bits per heavy atom. The van der Waals surface area contributed by atoms with Crippen molar-refractivity contribution in [3.8, 4) is 0 Å². The first-order chi connectivity index (χ1) is 12.5. The first kappa shape index (κ1) is 18.1. The lowest BCUT2D eigenvalue weighted by Gasteiger charge is -2.24. The number of ether oxygens (including phenoxy) is 2. The Bertz CT molecular complexity index is 835. The molecule has 26 heavy (non-hydrogen) atoms. The molecule has 1 saturated heterocycles. The summed E-state index contributed by atoms with van der Waals surface area (Å²) in [6.07, 6.45) is 3.33. The molecule has 0 radical (unpaired) electrons. The summed E-state index contributed by atoms with van der Waals surface area (Å²) in [4.78, 5) is 28.4. The minimum absolute atomic E-state index is 0.118. The minimum Gasteiger partial charge on any atom is -0.458 e. The van der Waals surface area contributed by atoms with Crippen LogP contribution in [0.1, 0.15) is 22.5 Å². The summed E-state index contributed by atoms with van der Waals surface area (Å²) in [7, 11) is 0. The summed E-state index contributed by atoms with van der Waals surface area (Å²) in [5.74, 6) is -1.15. The third kappa shape index (κ3) is 4.09. The van der Waals surface area contributed by atoms with Crippen LogP contribution < -0.4 is 0 Å². The van der Waals surface area contributed by atoms with E-state index < -0.39 is 24.1 Å². The number of esters is 2. The van der Waals surface area contributed by atoms with Gasteiger partial charge in [-0.15, -0.1) is 0 Å². The first-order valence-corrected chi connectivity index (χ1v) is 8.28. The molecule has 134 valence electrons. The molecule has 0 aliphatic carbocycles. The van der Waals surface area contributed by atoms with Gasteiger partial charge < -0.3 is 14.6 Å². The fraction of sp³-hybridized carbons (Fsp3) is 0.211. The number of pyridine rings is 1. The SMILES string of the molecule is O=C1OC(CO)(COC(=O)c2ccc(Cl)cc2)C/C1=C\c1ccccn1. The number of cyclic esters (lactones) is 1. The number of hydrogen-bond acceptors (Lipinski definition) is 6. The van der Waals surface area contributed by atoms with E-state index in [2.05, 4.69) is 4.98 Å². The first-order valence-electron chi connectivity index (χ1n) is 7.90. The smallest absolute Gasteiger partial charge is 0.338 e.